The Morgan fingerprint density at radius 2 is 1.60 bits per heavy atom. The molecule has 0 aromatic heterocycles. The molecular formula is C7H16N2O6. The van der Waals surface area contributed by atoms with Crippen molar-refractivity contribution in [3.8, 4) is 0 Å². The molecule has 0 saturated heterocycles. The maximum Gasteiger partial charge on any atom is 0.323 e. The largest absolute Gasteiger partial charge is 0.480 e. The topological polar surface area (TPSA) is 167 Å². The van der Waals surface area contributed by atoms with Crippen molar-refractivity contribution in [2.24, 2.45) is 11.5 Å². The molecular weight excluding hydrogens is 208 g/mol. The molecule has 8 heteroatoms. The molecule has 0 fully saturated rings. The molecule has 0 aliphatic heterocycles. The van der Waals surface area contributed by atoms with E-state index < -0.39 is 36.7 Å². The van der Waals surface area contributed by atoms with Gasteiger partial charge in [-0.15, -0.1) is 0 Å². The molecule has 15 heavy (non-hydrogen) atoms. The fourth-order valence-electron chi connectivity index (χ4n) is 0.284. The number of aliphatic hydroxyl groups is 2. The molecule has 0 rings (SSSR count). The van der Waals surface area contributed by atoms with Gasteiger partial charge in [0, 0.05) is 0 Å². The highest BCUT2D eigenvalue weighted by molar-refractivity contribution is 5.73. The summed E-state index contributed by atoms with van der Waals surface area (Å²) in [7, 11) is 0. The number of rotatable bonds is 4. The van der Waals surface area contributed by atoms with Crippen LogP contribution in [0.3, 0.4) is 0 Å². The first kappa shape index (κ1) is 16.2. The maximum absolute atomic E-state index is 9.86. The van der Waals surface area contributed by atoms with Crippen LogP contribution in [0.2, 0.25) is 0 Å². The van der Waals surface area contributed by atoms with E-state index in [2.05, 4.69) is 0 Å². The summed E-state index contributed by atoms with van der Waals surface area (Å²) in [6, 6.07) is -2.28. The van der Waals surface area contributed by atoms with Crippen LogP contribution in [0.4, 0.5) is 0 Å². The summed E-state index contributed by atoms with van der Waals surface area (Å²) in [6.45, 7) is 0.827. The van der Waals surface area contributed by atoms with Crippen molar-refractivity contribution in [2.75, 3.05) is 6.61 Å². The Labute approximate surface area is 86.1 Å². The zero-order chi connectivity index (χ0) is 12.6. The molecule has 0 aliphatic carbocycles. The predicted octanol–water partition coefficient (Wildman–Crippen LogP) is -2.83. The van der Waals surface area contributed by atoms with Crippen molar-refractivity contribution in [2.45, 2.75) is 25.1 Å². The van der Waals surface area contributed by atoms with Gasteiger partial charge in [0.15, 0.2) is 0 Å². The smallest absolute Gasteiger partial charge is 0.323 e. The fourth-order valence-corrected chi connectivity index (χ4v) is 0.284. The van der Waals surface area contributed by atoms with Gasteiger partial charge in [0.05, 0.1) is 12.7 Å². The van der Waals surface area contributed by atoms with Crippen LogP contribution in [0.25, 0.3) is 0 Å². The van der Waals surface area contributed by atoms with Crippen molar-refractivity contribution >= 4 is 11.9 Å². The van der Waals surface area contributed by atoms with Crippen molar-refractivity contribution in [1.29, 1.82) is 0 Å². The number of aliphatic hydroxyl groups excluding tert-OH is 2. The number of hydrogen-bond acceptors (Lipinski definition) is 6. The number of carboxylic acid groups (broad SMARTS) is 2. The summed E-state index contributed by atoms with van der Waals surface area (Å²) in [4.78, 5) is 19.5. The van der Waals surface area contributed by atoms with Crippen molar-refractivity contribution in [3.05, 3.63) is 0 Å². The van der Waals surface area contributed by atoms with Gasteiger partial charge in [-0.1, -0.05) is 0 Å². The van der Waals surface area contributed by atoms with Crippen LogP contribution in [-0.2, 0) is 9.59 Å². The Hall–Kier alpha value is -1.22. The van der Waals surface area contributed by atoms with E-state index in [1.165, 1.54) is 6.92 Å². The van der Waals surface area contributed by atoms with Gasteiger partial charge in [0.1, 0.15) is 12.1 Å². The lowest BCUT2D eigenvalue weighted by Crippen LogP contribution is -2.39. The van der Waals surface area contributed by atoms with E-state index in [0.29, 0.717) is 0 Å². The quantitative estimate of drug-likeness (QED) is 0.297. The summed E-state index contributed by atoms with van der Waals surface area (Å²) in [6.07, 6.45) is -0.979. The van der Waals surface area contributed by atoms with E-state index in [1.807, 2.05) is 0 Å². The third kappa shape index (κ3) is 9.09. The number of carbonyl (C=O) groups is 2. The lowest BCUT2D eigenvalue weighted by atomic mass is 10.2. The molecule has 0 amide bonds. The van der Waals surface area contributed by atoms with Gasteiger partial charge in [-0.05, 0) is 6.92 Å². The molecule has 0 radical (unpaired) electrons. The van der Waals surface area contributed by atoms with Crippen LogP contribution in [0.1, 0.15) is 6.92 Å². The van der Waals surface area contributed by atoms with Gasteiger partial charge in [-0.25, -0.2) is 0 Å². The van der Waals surface area contributed by atoms with Gasteiger partial charge >= 0.3 is 11.9 Å². The highest BCUT2D eigenvalue weighted by atomic mass is 16.4. The van der Waals surface area contributed by atoms with E-state index in [1.54, 1.807) is 0 Å². The SMILES string of the molecule is C[C@H](O)[C@@H](N)C(=O)O.N[C@H](CO)C(=O)O. The highest BCUT2D eigenvalue weighted by Gasteiger charge is 2.16. The molecule has 0 aliphatic rings. The monoisotopic (exact) mass is 224 g/mol. The Morgan fingerprint density at radius 3 is 1.60 bits per heavy atom. The summed E-state index contributed by atoms with van der Waals surface area (Å²) < 4.78 is 0. The van der Waals surface area contributed by atoms with Gasteiger partial charge in [-0.2, -0.15) is 0 Å². The first-order valence-electron chi connectivity index (χ1n) is 3.99. The number of carboxylic acids is 2. The summed E-state index contributed by atoms with van der Waals surface area (Å²) in [5.74, 6) is -2.36. The summed E-state index contributed by atoms with van der Waals surface area (Å²) >= 11 is 0. The number of nitrogens with two attached hydrogens (primary N) is 2. The van der Waals surface area contributed by atoms with E-state index in [9.17, 15) is 9.59 Å². The zero-order valence-electron chi connectivity index (χ0n) is 8.20. The second-order valence-electron chi connectivity index (χ2n) is 2.73. The van der Waals surface area contributed by atoms with Crippen LogP contribution >= 0.6 is 0 Å². The minimum absolute atomic E-state index is 0.505. The first-order chi connectivity index (χ1) is 6.73. The Kier molecular flexibility index (Phi) is 8.78. The Morgan fingerprint density at radius 1 is 1.20 bits per heavy atom. The lowest BCUT2D eigenvalue weighted by molar-refractivity contribution is -0.141. The summed E-state index contributed by atoms with van der Waals surface area (Å²) in [5.41, 5.74) is 9.68. The predicted molar refractivity (Wildman–Crippen MR) is 50.0 cm³/mol. The zero-order valence-corrected chi connectivity index (χ0v) is 8.20. The fraction of sp³-hybridized carbons (Fsp3) is 0.714. The van der Waals surface area contributed by atoms with Crippen molar-refractivity contribution in [1.82, 2.24) is 0 Å². The number of aliphatic carboxylic acids is 2. The van der Waals surface area contributed by atoms with Crippen LogP contribution in [0.15, 0.2) is 0 Å². The molecule has 0 aromatic carbocycles. The van der Waals surface area contributed by atoms with E-state index in [4.69, 9.17) is 31.9 Å². The van der Waals surface area contributed by atoms with Crippen LogP contribution in [-0.4, -0.2) is 57.2 Å². The molecule has 90 valence electrons. The minimum atomic E-state index is -1.18. The third-order valence-electron chi connectivity index (χ3n) is 1.32. The molecule has 0 saturated carbocycles. The normalized spacial score (nSPS) is 15.5. The van der Waals surface area contributed by atoms with Crippen LogP contribution in [0.5, 0.6) is 0 Å². The lowest BCUT2D eigenvalue weighted by Gasteiger charge is -2.06. The molecule has 8 N–H and O–H groups in total. The van der Waals surface area contributed by atoms with Gasteiger partial charge < -0.3 is 31.9 Å². The van der Waals surface area contributed by atoms with E-state index in [0.717, 1.165) is 0 Å². The minimum Gasteiger partial charge on any atom is -0.480 e. The standard InChI is InChI=1S/C4H9NO3.C3H7NO3/c1-2(6)3(5)4(7)8;4-2(1-5)3(6)7/h2-3,6H,5H2,1H3,(H,7,8);2,5H,1,4H2,(H,6,7)/t2-,3+;2-/m01/s1. The molecule has 0 bridgehead atoms. The van der Waals surface area contributed by atoms with E-state index in [-0.39, 0.29) is 0 Å². The first-order valence-corrected chi connectivity index (χ1v) is 3.99. The molecule has 0 aromatic rings. The molecule has 8 nitrogen and oxygen atoms in total. The van der Waals surface area contributed by atoms with E-state index >= 15 is 0 Å². The Bertz CT molecular complexity index is 208. The average molecular weight is 224 g/mol. The second-order valence-corrected chi connectivity index (χ2v) is 2.73. The van der Waals surface area contributed by atoms with Crippen molar-refractivity contribution in [3.63, 3.8) is 0 Å². The van der Waals surface area contributed by atoms with Gasteiger partial charge in [0.2, 0.25) is 0 Å². The van der Waals surface area contributed by atoms with Crippen LogP contribution in [0, 0.1) is 0 Å². The molecule has 0 unspecified atom stereocenters. The molecule has 0 spiro atoms. The average Bonchev–Trinajstić information content (AvgIpc) is 2.15. The highest BCUT2D eigenvalue weighted by Crippen LogP contribution is 1.85. The van der Waals surface area contributed by atoms with Gasteiger partial charge in [0.25, 0.3) is 0 Å². The number of hydrogen-bond donors (Lipinski definition) is 6. The summed E-state index contributed by atoms with van der Waals surface area (Å²) in [5, 5.41) is 32.4. The molecule has 0 heterocycles. The maximum atomic E-state index is 9.86. The Balaban J connectivity index is 0. The van der Waals surface area contributed by atoms with Crippen LogP contribution < -0.4 is 11.5 Å². The molecule has 3 atom stereocenters. The second kappa shape index (κ2) is 8.12. The van der Waals surface area contributed by atoms with Gasteiger partial charge in [-0.3, -0.25) is 9.59 Å². The van der Waals surface area contributed by atoms with Crippen molar-refractivity contribution < 1.29 is 30.0 Å². The third-order valence-corrected chi connectivity index (χ3v) is 1.32.